The SMILES string of the molecule is CNCC1CNc2cccc(C)c21. The van der Waals surface area contributed by atoms with Crippen molar-refractivity contribution in [3.63, 3.8) is 0 Å². The minimum absolute atomic E-state index is 0.640. The maximum Gasteiger partial charge on any atom is 0.0379 e. The number of rotatable bonds is 2. The molecule has 0 saturated carbocycles. The summed E-state index contributed by atoms with van der Waals surface area (Å²) in [5.74, 6) is 0.640. The average Bonchev–Trinajstić information content (AvgIpc) is 2.51. The van der Waals surface area contributed by atoms with Gasteiger partial charge in [0.1, 0.15) is 0 Å². The van der Waals surface area contributed by atoms with Gasteiger partial charge < -0.3 is 10.6 Å². The summed E-state index contributed by atoms with van der Waals surface area (Å²) in [7, 11) is 2.01. The number of aryl methyl sites for hydroxylation is 1. The Hall–Kier alpha value is -1.02. The molecule has 1 aromatic rings. The highest BCUT2D eigenvalue weighted by molar-refractivity contribution is 5.60. The summed E-state index contributed by atoms with van der Waals surface area (Å²) in [6, 6.07) is 6.47. The molecule has 0 spiro atoms. The van der Waals surface area contributed by atoms with Crippen molar-refractivity contribution in [1.29, 1.82) is 0 Å². The number of likely N-dealkylation sites (N-methyl/N-ethyl adjacent to an activating group) is 1. The van der Waals surface area contributed by atoms with Crippen molar-refractivity contribution in [2.45, 2.75) is 12.8 Å². The molecule has 1 atom stereocenters. The first-order chi connectivity index (χ1) is 6.33. The lowest BCUT2D eigenvalue weighted by Crippen LogP contribution is -2.18. The van der Waals surface area contributed by atoms with Gasteiger partial charge in [0.2, 0.25) is 0 Å². The normalized spacial score (nSPS) is 19.7. The van der Waals surface area contributed by atoms with Crippen molar-refractivity contribution in [3.8, 4) is 0 Å². The Bertz CT molecular complexity index is 305. The lowest BCUT2D eigenvalue weighted by molar-refractivity contribution is 0.671. The summed E-state index contributed by atoms with van der Waals surface area (Å²) in [6.07, 6.45) is 0. The highest BCUT2D eigenvalue weighted by atomic mass is 14.9. The molecule has 0 aromatic heterocycles. The minimum Gasteiger partial charge on any atom is -0.384 e. The lowest BCUT2D eigenvalue weighted by atomic mass is 9.97. The molecule has 0 saturated heterocycles. The Morgan fingerprint density at radius 2 is 2.38 bits per heavy atom. The quantitative estimate of drug-likeness (QED) is 0.717. The summed E-state index contributed by atoms with van der Waals surface area (Å²) < 4.78 is 0. The fourth-order valence-electron chi connectivity index (χ4n) is 2.13. The Labute approximate surface area is 79.4 Å². The van der Waals surface area contributed by atoms with Gasteiger partial charge in [-0.25, -0.2) is 0 Å². The predicted octanol–water partition coefficient (Wildman–Crippen LogP) is 1.72. The molecule has 0 radical (unpaired) electrons. The number of anilines is 1. The van der Waals surface area contributed by atoms with E-state index in [2.05, 4.69) is 35.8 Å². The Balaban J connectivity index is 2.34. The first-order valence-electron chi connectivity index (χ1n) is 4.81. The zero-order valence-corrected chi connectivity index (χ0v) is 8.22. The zero-order chi connectivity index (χ0) is 9.26. The average molecular weight is 176 g/mol. The lowest BCUT2D eigenvalue weighted by Gasteiger charge is -2.11. The van der Waals surface area contributed by atoms with Crippen molar-refractivity contribution < 1.29 is 0 Å². The number of hydrogen-bond donors (Lipinski definition) is 2. The van der Waals surface area contributed by atoms with Gasteiger partial charge in [-0.3, -0.25) is 0 Å². The maximum absolute atomic E-state index is 3.44. The van der Waals surface area contributed by atoms with Gasteiger partial charge in [-0.1, -0.05) is 12.1 Å². The topological polar surface area (TPSA) is 24.1 Å². The van der Waals surface area contributed by atoms with Crippen molar-refractivity contribution >= 4 is 5.69 Å². The molecule has 2 heteroatoms. The zero-order valence-electron chi connectivity index (χ0n) is 8.22. The van der Waals surface area contributed by atoms with E-state index in [0.29, 0.717) is 5.92 Å². The summed E-state index contributed by atoms with van der Waals surface area (Å²) >= 11 is 0. The summed E-state index contributed by atoms with van der Waals surface area (Å²) in [5, 5.41) is 6.67. The molecule has 1 aliphatic heterocycles. The smallest absolute Gasteiger partial charge is 0.0379 e. The van der Waals surface area contributed by atoms with E-state index in [1.54, 1.807) is 0 Å². The Morgan fingerprint density at radius 3 is 3.15 bits per heavy atom. The summed E-state index contributed by atoms with van der Waals surface area (Å²) in [4.78, 5) is 0. The van der Waals surface area contributed by atoms with Crippen LogP contribution in [0.3, 0.4) is 0 Å². The van der Waals surface area contributed by atoms with E-state index < -0.39 is 0 Å². The number of fused-ring (bicyclic) bond motifs is 1. The molecule has 0 aliphatic carbocycles. The molecule has 13 heavy (non-hydrogen) atoms. The minimum atomic E-state index is 0.640. The number of benzene rings is 1. The molecular weight excluding hydrogens is 160 g/mol. The second kappa shape index (κ2) is 3.38. The van der Waals surface area contributed by atoms with Crippen LogP contribution in [0.15, 0.2) is 18.2 Å². The molecule has 1 heterocycles. The van der Waals surface area contributed by atoms with Crippen LogP contribution in [0.1, 0.15) is 17.0 Å². The first-order valence-corrected chi connectivity index (χ1v) is 4.81. The monoisotopic (exact) mass is 176 g/mol. The van der Waals surface area contributed by atoms with Crippen LogP contribution >= 0.6 is 0 Å². The van der Waals surface area contributed by atoms with Gasteiger partial charge in [0.25, 0.3) is 0 Å². The Kier molecular flexibility index (Phi) is 2.23. The van der Waals surface area contributed by atoms with E-state index in [9.17, 15) is 0 Å². The van der Waals surface area contributed by atoms with Crippen molar-refractivity contribution in [1.82, 2.24) is 5.32 Å². The van der Waals surface area contributed by atoms with E-state index in [4.69, 9.17) is 0 Å². The van der Waals surface area contributed by atoms with Gasteiger partial charge in [-0.2, -0.15) is 0 Å². The van der Waals surface area contributed by atoms with Gasteiger partial charge in [-0.15, -0.1) is 0 Å². The molecule has 2 nitrogen and oxygen atoms in total. The van der Waals surface area contributed by atoms with Crippen LogP contribution in [0.25, 0.3) is 0 Å². The highest BCUT2D eigenvalue weighted by Gasteiger charge is 2.22. The van der Waals surface area contributed by atoms with Crippen molar-refractivity contribution in [2.75, 3.05) is 25.5 Å². The van der Waals surface area contributed by atoms with Gasteiger partial charge in [0.15, 0.2) is 0 Å². The third-order valence-electron chi connectivity index (χ3n) is 2.72. The second-order valence-electron chi connectivity index (χ2n) is 3.67. The fraction of sp³-hybridized carbons (Fsp3) is 0.455. The predicted molar refractivity (Wildman–Crippen MR) is 56.3 cm³/mol. The van der Waals surface area contributed by atoms with Crippen molar-refractivity contribution in [3.05, 3.63) is 29.3 Å². The van der Waals surface area contributed by atoms with Crippen LogP contribution in [-0.4, -0.2) is 20.1 Å². The largest absolute Gasteiger partial charge is 0.384 e. The van der Waals surface area contributed by atoms with E-state index in [-0.39, 0.29) is 0 Å². The van der Waals surface area contributed by atoms with Crippen LogP contribution in [-0.2, 0) is 0 Å². The maximum atomic E-state index is 3.44. The molecule has 0 fully saturated rings. The van der Waals surface area contributed by atoms with Crippen LogP contribution < -0.4 is 10.6 Å². The molecule has 2 N–H and O–H groups in total. The third-order valence-corrected chi connectivity index (χ3v) is 2.72. The Morgan fingerprint density at radius 1 is 1.54 bits per heavy atom. The van der Waals surface area contributed by atoms with E-state index in [1.165, 1.54) is 16.8 Å². The van der Waals surface area contributed by atoms with Gasteiger partial charge in [0.05, 0.1) is 0 Å². The molecule has 1 unspecified atom stereocenters. The van der Waals surface area contributed by atoms with Gasteiger partial charge in [-0.05, 0) is 31.2 Å². The summed E-state index contributed by atoms with van der Waals surface area (Å²) in [5.41, 5.74) is 4.22. The van der Waals surface area contributed by atoms with Crippen LogP contribution in [0.2, 0.25) is 0 Å². The van der Waals surface area contributed by atoms with E-state index >= 15 is 0 Å². The number of nitrogens with one attached hydrogen (secondary N) is 2. The highest BCUT2D eigenvalue weighted by Crippen LogP contribution is 2.33. The first kappa shape index (κ1) is 8.57. The standard InChI is InChI=1S/C11H16N2/c1-8-4-3-5-10-11(8)9(6-12-2)7-13-10/h3-5,9,12-13H,6-7H2,1-2H3. The number of hydrogen-bond acceptors (Lipinski definition) is 2. The molecule has 1 aliphatic rings. The van der Waals surface area contributed by atoms with Gasteiger partial charge >= 0.3 is 0 Å². The molecule has 0 amide bonds. The van der Waals surface area contributed by atoms with Crippen LogP contribution in [0.4, 0.5) is 5.69 Å². The second-order valence-corrected chi connectivity index (χ2v) is 3.67. The van der Waals surface area contributed by atoms with Crippen molar-refractivity contribution in [2.24, 2.45) is 0 Å². The molecule has 70 valence electrons. The molecule has 0 bridgehead atoms. The van der Waals surface area contributed by atoms with E-state index in [1.807, 2.05) is 7.05 Å². The summed E-state index contributed by atoms with van der Waals surface area (Å²) in [6.45, 7) is 4.32. The third kappa shape index (κ3) is 1.42. The van der Waals surface area contributed by atoms with Crippen LogP contribution in [0, 0.1) is 6.92 Å². The fourth-order valence-corrected chi connectivity index (χ4v) is 2.13. The van der Waals surface area contributed by atoms with E-state index in [0.717, 1.165) is 13.1 Å². The molecule has 2 rings (SSSR count). The van der Waals surface area contributed by atoms with Crippen LogP contribution in [0.5, 0.6) is 0 Å². The molecular formula is C11H16N2. The van der Waals surface area contributed by atoms with Gasteiger partial charge in [0, 0.05) is 24.7 Å². The molecule has 1 aromatic carbocycles.